The van der Waals surface area contributed by atoms with E-state index in [2.05, 4.69) is 0 Å². The van der Waals surface area contributed by atoms with Crippen LogP contribution in [0.25, 0.3) is 0 Å². The average molecular weight is 134 g/mol. The third kappa shape index (κ3) is 1.21. The Morgan fingerprint density at radius 1 is 1.44 bits per heavy atom. The highest BCUT2D eigenvalue weighted by atomic mass is 16.5. The summed E-state index contributed by atoms with van der Waals surface area (Å²) < 4.78 is 4.78. The quantitative estimate of drug-likeness (QED) is 0.392. The van der Waals surface area contributed by atoms with Gasteiger partial charge in [0.2, 0.25) is 0 Å². The van der Waals surface area contributed by atoms with Gasteiger partial charge in [0, 0.05) is 0 Å². The van der Waals surface area contributed by atoms with Gasteiger partial charge in [-0.15, -0.1) is 0 Å². The number of hydrogen-bond acceptors (Lipinski definition) is 4. The van der Waals surface area contributed by atoms with Crippen LogP contribution >= 0.6 is 0 Å². The molecule has 1 unspecified atom stereocenters. The van der Waals surface area contributed by atoms with E-state index in [0.29, 0.717) is 0 Å². The van der Waals surface area contributed by atoms with E-state index in [0.717, 1.165) is 0 Å². The molecule has 0 aromatic rings. The lowest BCUT2D eigenvalue weighted by atomic mass is 10.2. The Hall–Kier alpha value is -0.160. The first-order valence-electron chi connectivity index (χ1n) is 2.84. The second-order valence-corrected chi connectivity index (χ2v) is 2.11. The van der Waals surface area contributed by atoms with Gasteiger partial charge >= 0.3 is 0 Å². The normalized spacial score (nSPS) is 43.7. The third-order valence-corrected chi connectivity index (χ3v) is 1.44. The Kier molecular flexibility index (Phi) is 2.02. The number of aliphatic hydroxyl groups is 3. The van der Waals surface area contributed by atoms with Crippen molar-refractivity contribution in [2.45, 2.75) is 18.3 Å². The van der Waals surface area contributed by atoms with Gasteiger partial charge in [-0.3, -0.25) is 0 Å². The van der Waals surface area contributed by atoms with E-state index in [1.165, 1.54) is 0 Å². The summed E-state index contributed by atoms with van der Waals surface area (Å²) in [6.07, 6.45) is -2.35. The molecule has 4 heteroatoms. The molecule has 9 heavy (non-hydrogen) atoms. The average Bonchev–Trinajstić information content (AvgIpc) is 2.15. The van der Waals surface area contributed by atoms with E-state index < -0.39 is 18.3 Å². The maximum absolute atomic E-state index is 8.92. The van der Waals surface area contributed by atoms with Gasteiger partial charge in [-0.05, 0) is 0 Å². The Bertz CT molecular complexity index is 95.0. The molecular formula is C5H10O4. The molecule has 0 aliphatic carbocycles. The van der Waals surface area contributed by atoms with Gasteiger partial charge < -0.3 is 20.1 Å². The van der Waals surface area contributed by atoms with Gasteiger partial charge in [-0.2, -0.15) is 0 Å². The van der Waals surface area contributed by atoms with Crippen molar-refractivity contribution in [2.24, 2.45) is 0 Å². The summed E-state index contributed by atoms with van der Waals surface area (Å²) in [7, 11) is 0. The molecule has 4 nitrogen and oxygen atoms in total. The summed E-state index contributed by atoms with van der Waals surface area (Å²) in [6, 6.07) is 0. The summed E-state index contributed by atoms with van der Waals surface area (Å²) in [4.78, 5) is 0. The summed E-state index contributed by atoms with van der Waals surface area (Å²) in [5.74, 6) is 0. The van der Waals surface area contributed by atoms with Gasteiger partial charge in [0.15, 0.2) is 0 Å². The first kappa shape index (κ1) is 6.95. The van der Waals surface area contributed by atoms with Crippen molar-refractivity contribution in [3.05, 3.63) is 0 Å². The zero-order chi connectivity index (χ0) is 6.85. The fourth-order valence-corrected chi connectivity index (χ4v) is 0.828. The minimum atomic E-state index is -0.921. The lowest BCUT2D eigenvalue weighted by molar-refractivity contribution is -0.00588. The van der Waals surface area contributed by atoms with Crippen LogP contribution in [0.15, 0.2) is 0 Å². The van der Waals surface area contributed by atoms with E-state index in [1.54, 1.807) is 0 Å². The molecule has 1 saturated heterocycles. The molecule has 1 fully saturated rings. The number of rotatable bonds is 1. The van der Waals surface area contributed by atoms with Crippen LogP contribution in [-0.2, 0) is 4.74 Å². The first-order chi connectivity index (χ1) is 4.25. The van der Waals surface area contributed by atoms with Gasteiger partial charge in [0.25, 0.3) is 0 Å². The molecule has 3 N–H and O–H groups in total. The van der Waals surface area contributed by atoms with Gasteiger partial charge in [-0.25, -0.2) is 0 Å². The van der Waals surface area contributed by atoms with Crippen LogP contribution in [0.5, 0.6) is 0 Å². The van der Waals surface area contributed by atoms with Crippen LogP contribution < -0.4 is 0 Å². The molecule has 0 saturated carbocycles. The Labute approximate surface area is 52.7 Å². The monoisotopic (exact) mass is 134 g/mol. The van der Waals surface area contributed by atoms with E-state index in [-0.39, 0.29) is 13.2 Å². The van der Waals surface area contributed by atoms with Crippen molar-refractivity contribution >= 4 is 0 Å². The lowest BCUT2D eigenvalue weighted by Gasteiger charge is -2.10. The molecule has 0 aromatic carbocycles. The minimum absolute atomic E-state index is 0.117. The maximum Gasteiger partial charge on any atom is 0.110 e. The molecule has 0 bridgehead atoms. The zero-order valence-electron chi connectivity index (χ0n) is 4.90. The molecule has 1 aliphatic rings. The van der Waals surface area contributed by atoms with Crippen molar-refractivity contribution in [3.8, 4) is 0 Å². The molecular weight excluding hydrogens is 124 g/mol. The molecule has 1 heterocycles. The summed E-state index contributed by atoms with van der Waals surface area (Å²) >= 11 is 0. The SMILES string of the molecule is OCC1OC[C@@H](O)[C@H]1O. The van der Waals surface area contributed by atoms with Crippen molar-refractivity contribution in [1.29, 1.82) is 0 Å². The zero-order valence-corrected chi connectivity index (χ0v) is 4.90. The fraction of sp³-hybridized carbons (Fsp3) is 1.00. The van der Waals surface area contributed by atoms with Crippen molar-refractivity contribution in [3.63, 3.8) is 0 Å². The highest BCUT2D eigenvalue weighted by molar-refractivity contribution is 4.81. The smallest absolute Gasteiger partial charge is 0.110 e. The molecule has 1 aliphatic heterocycles. The van der Waals surface area contributed by atoms with Crippen LogP contribution in [0.2, 0.25) is 0 Å². The van der Waals surface area contributed by atoms with Gasteiger partial charge in [0.1, 0.15) is 18.3 Å². The van der Waals surface area contributed by atoms with Crippen LogP contribution in [0, 0.1) is 0 Å². The topological polar surface area (TPSA) is 69.9 Å². The van der Waals surface area contributed by atoms with E-state index in [1.807, 2.05) is 0 Å². The molecule has 0 spiro atoms. The Balaban J connectivity index is 2.41. The largest absolute Gasteiger partial charge is 0.394 e. The number of hydrogen-bond donors (Lipinski definition) is 3. The second-order valence-electron chi connectivity index (χ2n) is 2.11. The minimum Gasteiger partial charge on any atom is -0.394 e. The van der Waals surface area contributed by atoms with Gasteiger partial charge in [-0.1, -0.05) is 0 Å². The highest BCUT2D eigenvalue weighted by Crippen LogP contribution is 2.12. The van der Waals surface area contributed by atoms with E-state index >= 15 is 0 Å². The molecule has 0 radical (unpaired) electrons. The van der Waals surface area contributed by atoms with E-state index in [4.69, 9.17) is 20.1 Å². The Morgan fingerprint density at radius 3 is 2.33 bits per heavy atom. The number of aliphatic hydroxyl groups excluding tert-OH is 3. The molecule has 1 rings (SSSR count). The van der Waals surface area contributed by atoms with Crippen molar-refractivity contribution in [1.82, 2.24) is 0 Å². The summed E-state index contributed by atoms with van der Waals surface area (Å²) in [6.45, 7) is -0.120. The van der Waals surface area contributed by atoms with Crippen molar-refractivity contribution < 1.29 is 20.1 Å². The Morgan fingerprint density at radius 2 is 2.11 bits per heavy atom. The van der Waals surface area contributed by atoms with Crippen molar-refractivity contribution in [2.75, 3.05) is 13.2 Å². The second kappa shape index (κ2) is 2.62. The van der Waals surface area contributed by atoms with Crippen LogP contribution in [0.1, 0.15) is 0 Å². The maximum atomic E-state index is 8.92. The first-order valence-corrected chi connectivity index (χ1v) is 2.84. The lowest BCUT2D eigenvalue weighted by Crippen LogP contribution is -2.31. The van der Waals surface area contributed by atoms with E-state index in [9.17, 15) is 0 Å². The van der Waals surface area contributed by atoms with Crippen LogP contribution in [0.4, 0.5) is 0 Å². The third-order valence-electron chi connectivity index (χ3n) is 1.44. The molecule has 0 aromatic heterocycles. The van der Waals surface area contributed by atoms with Crippen LogP contribution in [-0.4, -0.2) is 46.8 Å². The predicted molar refractivity (Wildman–Crippen MR) is 28.8 cm³/mol. The fourth-order valence-electron chi connectivity index (χ4n) is 0.828. The highest BCUT2D eigenvalue weighted by Gasteiger charge is 2.33. The standard InChI is InChI=1S/C5H10O4/c6-1-4-5(8)3(7)2-9-4/h3-8H,1-2H2/t3-,4?,5-/m1/s1. The predicted octanol–water partition coefficient (Wildman–Crippen LogP) is -1.90. The number of ether oxygens (including phenoxy) is 1. The van der Waals surface area contributed by atoms with Crippen LogP contribution in [0.3, 0.4) is 0 Å². The molecule has 0 amide bonds. The molecule has 54 valence electrons. The van der Waals surface area contributed by atoms with Gasteiger partial charge in [0.05, 0.1) is 13.2 Å². The summed E-state index contributed by atoms with van der Waals surface area (Å²) in [5.41, 5.74) is 0. The summed E-state index contributed by atoms with van der Waals surface area (Å²) in [5, 5.41) is 26.2. The molecule has 3 atom stereocenters.